The van der Waals surface area contributed by atoms with E-state index in [-0.39, 0.29) is 52.1 Å². The van der Waals surface area contributed by atoms with Crippen molar-refractivity contribution in [3.8, 4) is 0 Å². The van der Waals surface area contributed by atoms with Crippen molar-refractivity contribution in [2.24, 2.45) is 10.9 Å². The SMILES string of the molecule is NC(=O)C[n+]1ccc(CN2CC/C(=C\C3=C(C(=O)[O-])N4C(=O)[C@@H](NC(=O)/C(=N\OC5CCCC5)c5csc(N)n5)[C@H]4SC3)C2=O)cc1. The molecule has 3 fully saturated rings. The fourth-order valence-electron chi connectivity index (χ4n) is 5.94. The summed E-state index contributed by atoms with van der Waals surface area (Å²) in [6, 6.07) is 2.56. The third kappa shape index (κ3) is 6.85. The molecule has 4 aliphatic rings. The molecule has 1 aliphatic carbocycles. The maximum Gasteiger partial charge on any atom is 0.283 e. The zero-order chi connectivity index (χ0) is 33.2. The molecule has 15 nitrogen and oxygen atoms in total. The Morgan fingerprint density at radius 2 is 1.96 bits per heavy atom. The number of carbonyl (C=O) groups is 5. The van der Waals surface area contributed by atoms with Crippen LogP contribution in [0.2, 0.25) is 0 Å². The summed E-state index contributed by atoms with van der Waals surface area (Å²) in [4.78, 5) is 75.8. The highest BCUT2D eigenvalue weighted by Gasteiger charge is 2.53. The first-order valence-corrected chi connectivity index (χ1v) is 16.9. The molecule has 0 radical (unpaired) electrons. The number of carboxylic acid groups (broad SMARTS) is 1. The number of aromatic nitrogens is 2. The zero-order valence-corrected chi connectivity index (χ0v) is 26.8. The van der Waals surface area contributed by atoms with E-state index in [1.165, 1.54) is 17.8 Å². The summed E-state index contributed by atoms with van der Waals surface area (Å²) >= 11 is 2.40. The molecule has 1 saturated carbocycles. The fraction of sp³-hybridized carbons (Fsp3) is 0.400. The molecule has 2 aromatic heterocycles. The van der Waals surface area contributed by atoms with Crippen molar-refractivity contribution in [1.29, 1.82) is 0 Å². The summed E-state index contributed by atoms with van der Waals surface area (Å²) in [5, 5.41) is 20.2. The zero-order valence-electron chi connectivity index (χ0n) is 25.1. The van der Waals surface area contributed by atoms with Crippen LogP contribution in [0.25, 0.3) is 0 Å². The van der Waals surface area contributed by atoms with Gasteiger partial charge in [0.05, 0.1) is 11.7 Å². The van der Waals surface area contributed by atoms with Crippen LogP contribution >= 0.6 is 23.1 Å². The van der Waals surface area contributed by atoms with Crippen LogP contribution in [0.3, 0.4) is 0 Å². The van der Waals surface area contributed by atoms with E-state index in [4.69, 9.17) is 16.3 Å². The standard InChI is InChI=1S/C30H32N8O7S2/c31-21(39)13-36-8-5-16(6-9-36)12-37-10-7-17(26(37)41)11-18-14-46-28-23(27(42)38(28)24(18)29(43)44)34-25(40)22(20-15-47-30(32)33-20)35-45-19-3-1-2-4-19/h5-6,8-9,11,15,19,23,28H,1-4,7,10,12-14H2,(H5-,31,32,33,34,39,40,43,44)/b17-11+,35-22-/t23-,28-/m1/s1. The van der Waals surface area contributed by atoms with Crippen LogP contribution in [-0.2, 0) is 41.9 Å². The lowest BCUT2D eigenvalue weighted by molar-refractivity contribution is -0.684. The molecule has 47 heavy (non-hydrogen) atoms. The van der Waals surface area contributed by atoms with Gasteiger partial charge in [-0.25, -0.2) is 4.98 Å². The molecule has 0 spiro atoms. The van der Waals surface area contributed by atoms with Crippen molar-refractivity contribution in [3.05, 3.63) is 64.1 Å². The Morgan fingerprint density at radius 3 is 2.62 bits per heavy atom. The van der Waals surface area contributed by atoms with Crippen molar-refractivity contribution in [3.63, 3.8) is 0 Å². The van der Waals surface area contributed by atoms with Crippen molar-refractivity contribution in [2.45, 2.75) is 62.7 Å². The molecule has 2 atom stereocenters. The number of nitrogens with one attached hydrogen (secondary N) is 1. The molecule has 2 aromatic rings. The first-order valence-electron chi connectivity index (χ1n) is 15.0. The van der Waals surface area contributed by atoms with Crippen LogP contribution in [0.5, 0.6) is 0 Å². The Labute approximate surface area is 277 Å². The minimum Gasteiger partial charge on any atom is -0.543 e. The Kier molecular flexibility index (Phi) is 9.26. The number of likely N-dealkylation sites (tertiary alicyclic amines) is 1. The maximum atomic E-state index is 13.4. The van der Waals surface area contributed by atoms with Gasteiger partial charge in [0.1, 0.15) is 23.2 Å². The van der Waals surface area contributed by atoms with Crippen LogP contribution in [0.15, 0.2) is 58.0 Å². The molecule has 0 unspecified atom stereocenters. The van der Waals surface area contributed by atoms with Crippen molar-refractivity contribution >= 4 is 63.5 Å². The number of thiazole rings is 1. The topological polar surface area (TPSA) is 217 Å². The molecule has 4 amide bonds. The Bertz CT molecular complexity index is 1710. The first kappa shape index (κ1) is 32.2. The third-order valence-electron chi connectivity index (χ3n) is 8.29. The number of primary amides is 1. The van der Waals surface area contributed by atoms with Crippen LogP contribution in [0.4, 0.5) is 5.13 Å². The van der Waals surface area contributed by atoms with E-state index in [9.17, 15) is 29.1 Å². The number of fused-ring (bicyclic) bond motifs is 1. The normalized spacial score (nSPS) is 22.5. The second kappa shape index (κ2) is 13.5. The van der Waals surface area contributed by atoms with Crippen LogP contribution < -0.4 is 26.5 Å². The molecule has 6 rings (SSSR count). The number of carboxylic acids is 1. The smallest absolute Gasteiger partial charge is 0.283 e. The largest absolute Gasteiger partial charge is 0.543 e. The Balaban J connectivity index is 1.14. The van der Waals surface area contributed by atoms with E-state index in [2.05, 4.69) is 15.5 Å². The summed E-state index contributed by atoms with van der Waals surface area (Å²) in [7, 11) is 0. The Morgan fingerprint density at radius 1 is 1.21 bits per heavy atom. The molecule has 3 aliphatic heterocycles. The van der Waals surface area contributed by atoms with E-state index >= 15 is 0 Å². The molecule has 0 aromatic carbocycles. The lowest BCUT2D eigenvalue weighted by Gasteiger charge is -2.50. The minimum absolute atomic E-state index is 0.0456. The maximum absolute atomic E-state index is 13.4. The average Bonchev–Trinajstić information content (AvgIpc) is 3.80. The van der Waals surface area contributed by atoms with Gasteiger partial charge in [0.25, 0.3) is 17.7 Å². The van der Waals surface area contributed by atoms with E-state index < -0.39 is 35.1 Å². The van der Waals surface area contributed by atoms with Gasteiger partial charge in [0.15, 0.2) is 23.2 Å². The van der Waals surface area contributed by atoms with Crippen molar-refractivity contribution in [2.75, 3.05) is 18.0 Å². The number of pyridine rings is 1. The monoisotopic (exact) mass is 680 g/mol. The summed E-state index contributed by atoms with van der Waals surface area (Å²) < 4.78 is 1.63. The van der Waals surface area contributed by atoms with E-state index in [0.717, 1.165) is 47.5 Å². The van der Waals surface area contributed by atoms with E-state index in [1.807, 2.05) is 0 Å². The van der Waals surface area contributed by atoms with Crippen molar-refractivity contribution < 1.29 is 38.5 Å². The predicted molar refractivity (Wildman–Crippen MR) is 167 cm³/mol. The number of hydrogen-bond acceptors (Lipinski definition) is 12. The van der Waals surface area contributed by atoms with Gasteiger partial charge in [-0.05, 0) is 49.3 Å². The number of rotatable bonds is 11. The van der Waals surface area contributed by atoms with Gasteiger partial charge in [-0.15, -0.1) is 23.1 Å². The second-order valence-electron chi connectivity index (χ2n) is 11.5. The number of carbonyl (C=O) groups excluding carboxylic acids is 5. The number of nitrogen functional groups attached to an aromatic ring is 1. The highest BCUT2D eigenvalue weighted by Crippen LogP contribution is 2.41. The van der Waals surface area contributed by atoms with Gasteiger partial charge in [-0.2, -0.15) is 4.57 Å². The number of amides is 4. The summed E-state index contributed by atoms with van der Waals surface area (Å²) in [5.41, 5.74) is 12.3. The summed E-state index contributed by atoms with van der Waals surface area (Å²) in [5.74, 6) is -3.42. The number of nitrogens with two attached hydrogens (primary N) is 2. The number of thioether (sulfide) groups is 1. The van der Waals surface area contributed by atoms with Crippen LogP contribution in [0.1, 0.15) is 43.4 Å². The highest BCUT2D eigenvalue weighted by molar-refractivity contribution is 8.00. The lowest BCUT2D eigenvalue weighted by Crippen LogP contribution is -2.71. The number of aliphatic carboxylic acids is 1. The van der Waals surface area contributed by atoms with Crippen molar-refractivity contribution in [1.82, 2.24) is 20.1 Å². The molecule has 5 N–H and O–H groups in total. The van der Waals surface area contributed by atoms with Gasteiger partial charge in [-0.3, -0.25) is 24.1 Å². The van der Waals surface area contributed by atoms with E-state index in [0.29, 0.717) is 25.1 Å². The third-order valence-corrected chi connectivity index (χ3v) is 10.3. The van der Waals surface area contributed by atoms with Gasteiger partial charge in [0, 0.05) is 41.9 Å². The average molecular weight is 681 g/mol. The fourth-order valence-corrected chi connectivity index (χ4v) is 7.79. The lowest BCUT2D eigenvalue weighted by atomic mass is 10.0. The van der Waals surface area contributed by atoms with Gasteiger partial charge >= 0.3 is 0 Å². The number of oxime groups is 1. The summed E-state index contributed by atoms with van der Waals surface area (Å²) in [6.07, 6.45) is 8.86. The van der Waals surface area contributed by atoms with Gasteiger partial charge < -0.3 is 36.4 Å². The van der Waals surface area contributed by atoms with Crippen LogP contribution in [0, 0.1) is 0 Å². The predicted octanol–water partition coefficient (Wildman–Crippen LogP) is -1.08. The molecule has 0 bridgehead atoms. The molecule has 17 heteroatoms. The van der Waals surface area contributed by atoms with Crippen LogP contribution in [-0.4, -0.2) is 79.9 Å². The van der Waals surface area contributed by atoms with E-state index in [1.54, 1.807) is 39.4 Å². The molecule has 5 heterocycles. The quantitative estimate of drug-likeness (QED) is 0.0858. The number of nitrogens with zero attached hydrogens (tertiary/aromatic N) is 5. The second-order valence-corrected chi connectivity index (χ2v) is 13.5. The number of hydrogen-bond donors (Lipinski definition) is 3. The number of allylic oxidation sites excluding steroid dienone is 1. The number of anilines is 1. The molecular weight excluding hydrogens is 649 g/mol. The number of β-lactam (4-membered cyclic amide) rings is 1. The first-order chi connectivity index (χ1) is 22.6. The van der Waals surface area contributed by atoms with Gasteiger partial charge in [-0.1, -0.05) is 5.16 Å². The molecule has 2 saturated heterocycles. The molecule has 246 valence electrons. The summed E-state index contributed by atoms with van der Waals surface area (Å²) in [6.45, 7) is 0.803. The Hall–Kier alpha value is -4.77. The minimum atomic E-state index is -1.55. The molecular formula is C30H32N8O7S2. The highest BCUT2D eigenvalue weighted by atomic mass is 32.2. The van der Waals surface area contributed by atoms with Gasteiger partial charge in [0.2, 0.25) is 12.5 Å².